The minimum atomic E-state index is -4.45. The Labute approximate surface area is 179 Å². The highest BCUT2D eigenvalue weighted by atomic mass is 79.9. The summed E-state index contributed by atoms with van der Waals surface area (Å²) in [6.07, 6.45) is -4.45. The van der Waals surface area contributed by atoms with Gasteiger partial charge in [-0.2, -0.15) is 18.3 Å². The summed E-state index contributed by atoms with van der Waals surface area (Å²) in [5.74, 6) is 0.723. The summed E-state index contributed by atoms with van der Waals surface area (Å²) >= 11 is 9.47. The molecule has 0 amide bonds. The fourth-order valence-electron chi connectivity index (χ4n) is 2.67. The predicted molar refractivity (Wildman–Crippen MR) is 108 cm³/mol. The van der Waals surface area contributed by atoms with Gasteiger partial charge in [-0.1, -0.05) is 41.9 Å². The van der Waals surface area contributed by atoms with Crippen molar-refractivity contribution in [3.8, 4) is 22.9 Å². The van der Waals surface area contributed by atoms with E-state index in [2.05, 4.69) is 21.0 Å². The van der Waals surface area contributed by atoms with Crippen molar-refractivity contribution in [2.24, 2.45) is 0 Å². The van der Waals surface area contributed by atoms with Crippen molar-refractivity contribution in [2.75, 3.05) is 13.2 Å². The van der Waals surface area contributed by atoms with E-state index >= 15 is 0 Å². The van der Waals surface area contributed by atoms with Gasteiger partial charge < -0.3 is 9.47 Å². The number of nitrogens with zero attached hydrogens (tertiary/aromatic N) is 2. The second-order valence-corrected chi connectivity index (χ2v) is 7.18. The average Bonchev–Trinajstić information content (AvgIpc) is 2.99. The summed E-state index contributed by atoms with van der Waals surface area (Å²) in [5, 5.41) is 4.48. The van der Waals surface area contributed by atoms with Gasteiger partial charge in [-0.3, -0.25) is 0 Å². The Kier molecular flexibility index (Phi) is 6.74. The zero-order valence-corrected chi connectivity index (χ0v) is 17.7. The number of hydrogen-bond acceptors (Lipinski definition) is 3. The molecule has 0 atom stereocenters. The van der Waals surface area contributed by atoms with Crippen molar-refractivity contribution in [1.29, 1.82) is 0 Å². The largest absolute Gasteiger partial charge is 0.490 e. The van der Waals surface area contributed by atoms with Crippen molar-refractivity contribution in [3.05, 3.63) is 63.6 Å². The normalized spacial score (nSPS) is 11.5. The van der Waals surface area contributed by atoms with Crippen LogP contribution in [0, 0.1) is 0 Å². The van der Waals surface area contributed by atoms with E-state index in [1.807, 2.05) is 37.3 Å². The van der Waals surface area contributed by atoms with Gasteiger partial charge in [-0.15, -0.1) is 0 Å². The summed E-state index contributed by atoms with van der Waals surface area (Å²) < 4.78 is 51.9. The van der Waals surface area contributed by atoms with Crippen LogP contribution in [-0.4, -0.2) is 23.0 Å². The maximum atomic E-state index is 12.7. The van der Waals surface area contributed by atoms with E-state index in [-0.39, 0.29) is 17.4 Å². The Morgan fingerprint density at radius 1 is 1.10 bits per heavy atom. The Balaban J connectivity index is 1.75. The van der Waals surface area contributed by atoms with Crippen LogP contribution in [-0.2, 0) is 12.7 Å². The molecule has 0 saturated carbocycles. The van der Waals surface area contributed by atoms with Crippen LogP contribution >= 0.6 is 27.5 Å². The van der Waals surface area contributed by atoms with Crippen LogP contribution < -0.4 is 9.47 Å². The first-order chi connectivity index (χ1) is 13.8. The standard InChI is InChI=1S/C20H17BrClF3N2O2/c1-2-28-19-17(21)18(13-6-4-3-5-7-13)26-27(19)10-11-29-16-9-8-14(12-15(16)22)20(23,24)25/h3-9,12H,2,10-11H2,1H3. The molecule has 0 aliphatic heterocycles. The van der Waals surface area contributed by atoms with E-state index < -0.39 is 11.7 Å². The van der Waals surface area contributed by atoms with Gasteiger partial charge in [0.1, 0.15) is 22.5 Å². The third kappa shape index (κ3) is 5.05. The molecule has 0 aliphatic rings. The van der Waals surface area contributed by atoms with Crippen LogP contribution in [0.5, 0.6) is 11.6 Å². The van der Waals surface area contributed by atoms with Crippen molar-refractivity contribution in [3.63, 3.8) is 0 Å². The molecule has 0 N–H and O–H groups in total. The second kappa shape index (κ2) is 9.09. The molecule has 3 rings (SSSR count). The molecule has 1 heterocycles. The topological polar surface area (TPSA) is 36.3 Å². The zero-order chi connectivity index (χ0) is 21.0. The van der Waals surface area contributed by atoms with Crippen LogP contribution in [0.15, 0.2) is 53.0 Å². The van der Waals surface area contributed by atoms with Gasteiger partial charge in [0.15, 0.2) is 0 Å². The maximum Gasteiger partial charge on any atom is 0.416 e. The molecule has 0 bridgehead atoms. The summed E-state index contributed by atoms with van der Waals surface area (Å²) in [6.45, 7) is 2.78. The van der Waals surface area contributed by atoms with Crippen molar-refractivity contribution < 1.29 is 22.6 Å². The summed E-state index contributed by atoms with van der Waals surface area (Å²) in [7, 11) is 0. The molecule has 1 aromatic heterocycles. The molecule has 0 saturated heterocycles. The van der Waals surface area contributed by atoms with E-state index in [0.29, 0.717) is 19.0 Å². The lowest BCUT2D eigenvalue weighted by Gasteiger charge is -2.12. The number of benzene rings is 2. The number of alkyl halides is 3. The van der Waals surface area contributed by atoms with Crippen LogP contribution in [0.3, 0.4) is 0 Å². The van der Waals surface area contributed by atoms with Gasteiger partial charge in [0.2, 0.25) is 5.88 Å². The lowest BCUT2D eigenvalue weighted by atomic mass is 10.2. The molecule has 154 valence electrons. The fraction of sp³-hybridized carbons (Fsp3) is 0.250. The number of halogens is 5. The number of hydrogen-bond donors (Lipinski definition) is 0. The number of ether oxygens (including phenoxy) is 2. The molecule has 4 nitrogen and oxygen atoms in total. The first-order valence-corrected chi connectivity index (χ1v) is 9.92. The lowest BCUT2D eigenvalue weighted by Crippen LogP contribution is -2.12. The first-order valence-electron chi connectivity index (χ1n) is 8.75. The predicted octanol–water partition coefficient (Wildman–Crippen LogP) is 6.46. The van der Waals surface area contributed by atoms with Gasteiger partial charge in [0, 0.05) is 5.56 Å². The smallest absolute Gasteiger partial charge is 0.416 e. The van der Waals surface area contributed by atoms with E-state index in [1.54, 1.807) is 4.68 Å². The molecule has 2 aromatic carbocycles. The summed E-state index contributed by atoms with van der Waals surface area (Å²) in [5.41, 5.74) is 0.824. The van der Waals surface area contributed by atoms with Crippen LogP contribution in [0.25, 0.3) is 11.3 Å². The van der Waals surface area contributed by atoms with Gasteiger partial charge in [-0.05, 0) is 41.1 Å². The monoisotopic (exact) mass is 488 g/mol. The fourth-order valence-corrected chi connectivity index (χ4v) is 3.53. The molecule has 0 spiro atoms. The highest BCUT2D eigenvalue weighted by Gasteiger charge is 2.31. The first kappa shape index (κ1) is 21.5. The summed E-state index contributed by atoms with van der Waals surface area (Å²) in [4.78, 5) is 0. The highest BCUT2D eigenvalue weighted by molar-refractivity contribution is 9.10. The van der Waals surface area contributed by atoms with E-state index in [0.717, 1.165) is 27.9 Å². The third-order valence-corrected chi connectivity index (χ3v) is 5.01. The Bertz CT molecular complexity index is 978. The Morgan fingerprint density at radius 2 is 1.83 bits per heavy atom. The second-order valence-electron chi connectivity index (χ2n) is 5.98. The molecular weight excluding hydrogens is 473 g/mol. The highest BCUT2D eigenvalue weighted by Crippen LogP contribution is 2.36. The maximum absolute atomic E-state index is 12.7. The van der Waals surface area contributed by atoms with Crippen LogP contribution in [0.2, 0.25) is 5.02 Å². The van der Waals surface area contributed by atoms with Gasteiger partial charge in [0.05, 0.1) is 23.7 Å². The number of rotatable bonds is 7. The molecular formula is C20H17BrClF3N2O2. The van der Waals surface area contributed by atoms with Gasteiger partial charge >= 0.3 is 6.18 Å². The summed E-state index contributed by atoms with van der Waals surface area (Å²) in [6, 6.07) is 12.6. The third-order valence-electron chi connectivity index (χ3n) is 4.00. The average molecular weight is 490 g/mol. The van der Waals surface area contributed by atoms with Crippen molar-refractivity contribution in [2.45, 2.75) is 19.6 Å². The number of aromatic nitrogens is 2. The Morgan fingerprint density at radius 3 is 2.45 bits per heavy atom. The minimum Gasteiger partial charge on any atom is -0.490 e. The zero-order valence-electron chi connectivity index (χ0n) is 15.3. The minimum absolute atomic E-state index is 0.100. The van der Waals surface area contributed by atoms with E-state index in [4.69, 9.17) is 21.1 Å². The molecule has 9 heteroatoms. The molecule has 3 aromatic rings. The van der Waals surface area contributed by atoms with E-state index in [9.17, 15) is 13.2 Å². The van der Waals surface area contributed by atoms with Crippen LogP contribution in [0.1, 0.15) is 12.5 Å². The molecule has 29 heavy (non-hydrogen) atoms. The van der Waals surface area contributed by atoms with Gasteiger partial charge in [-0.25, -0.2) is 4.68 Å². The molecule has 0 unspecified atom stereocenters. The Hall–Kier alpha value is -2.19. The SMILES string of the molecule is CCOc1c(Br)c(-c2ccccc2)nn1CCOc1ccc(C(F)(F)F)cc1Cl. The quantitative estimate of drug-likeness (QED) is 0.382. The van der Waals surface area contributed by atoms with Crippen LogP contribution in [0.4, 0.5) is 13.2 Å². The van der Waals surface area contributed by atoms with Crippen molar-refractivity contribution >= 4 is 27.5 Å². The van der Waals surface area contributed by atoms with E-state index in [1.165, 1.54) is 6.07 Å². The molecule has 0 aliphatic carbocycles. The molecule has 0 radical (unpaired) electrons. The lowest BCUT2D eigenvalue weighted by molar-refractivity contribution is -0.137. The molecule has 0 fully saturated rings. The van der Waals surface area contributed by atoms with Crippen molar-refractivity contribution in [1.82, 2.24) is 9.78 Å². The van der Waals surface area contributed by atoms with Gasteiger partial charge in [0.25, 0.3) is 0 Å².